The van der Waals surface area contributed by atoms with Crippen LogP contribution in [0.5, 0.6) is 5.75 Å². The van der Waals surface area contributed by atoms with Crippen LogP contribution >= 0.6 is 0 Å². The molecular formula is C13H12O3. The van der Waals surface area contributed by atoms with Crippen molar-refractivity contribution in [3.05, 3.63) is 29.8 Å². The highest BCUT2D eigenvalue weighted by Gasteiger charge is 2.71. The second-order valence-electron chi connectivity index (χ2n) is 4.75. The zero-order valence-electron chi connectivity index (χ0n) is 8.81. The molecule has 0 N–H and O–H groups in total. The molecule has 1 saturated heterocycles. The fourth-order valence-corrected chi connectivity index (χ4v) is 3.05. The summed E-state index contributed by atoms with van der Waals surface area (Å²) in [5.41, 5.74) is 0.418. The van der Waals surface area contributed by atoms with Crippen LogP contribution < -0.4 is 4.74 Å². The Morgan fingerprint density at radius 3 is 3.12 bits per heavy atom. The topological polar surface area (TPSA) is 38.8 Å². The number of Topliss-reactive ketones (excluding diaryl/α,β-unsaturated/α-hetero) is 1. The Morgan fingerprint density at radius 2 is 2.19 bits per heavy atom. The van der Waals surface area contributed by atoms with Crippen LogP contribution in [0.4, 0.5) is 0 Å². The predicted octanol–water partition coefficient (Wildman–Crippen LogP) is 2.01. The molecular weight excluding hydrogens is 204 g/mol. The summed E-state index contributed by atoms with van der Waals surface area (Å²) in [7, 11) is 0. The molecule has 3 heteroatoms. The van der Waals surface area contributed by atoms with Gasteiger partial charge in [0.05, 0.1) is 0 Å². The van der Waals surface area contributed by atoms with E-state index >= 15 is 0 Å². The van der Waals surface area contributed by atoms with Gasteiger partial charge in [0, 0.05) is 12.0 Å². The fraction of sp³-hybridized carbons (Fsp3) is 0.462. The minimum absolute atomic E-state index is 0.0461. The van der Waals surface area contributed by atoms with E-state index in [0.29, 0.717) is 6.42 Å². The van der Waals surface area contributed by atoms with Crippen LogP contribution in [0.15, 0.2) is 24.3 Å². The van der Waals surface area contributed by atoms with Crippen LogP contribution in [0.1, 0.15) is 30.9 Å². The molecule has 3 atom stereocenters. The number of fused-ring (bicyclic) bond motifs is 2. The lowest BCUT2D eigenvalue weighted by atomic mass is 9.79. The van der Waals surface area contributed by atoms with Crippen molar-refractivity contribution >= 4 is 5.78 Å². The van der Waals surface area contributed by atoms with E-state index < -0.39 is 5.60 Å². The van der Waals surface area contributed by atoms with Crippen LogP contribution in [-0.4, -0.2) is 17.5 Å². The summed E-state index contributed by atoms with van der Waals surface area (Å²) in [6.45, 7) is 0. The van der Waals surface area contributed by atoms with Gasteiger partial charge >= 0.3 is 0 Å². The highest BCUT2D eigenvalue weighted by Crippen LogP contribution is 2.61. The molecule has 16 heavy (non-hydrogen) atoms. The van der Waals surface area contributed by atoms with E-state index in [4.69, 9.17) is 9.47 Å². The number of rotatable bonds is 0. The van der Waals surface area contributed by atoms with Crippen molar-refractivity contribution in [1.82, 2.24) is 0 Å². The molecule has 1 spiro atoms. The fourth-order valence-electron chi connectivity index (χ4n) is 3.05. The van der Waals surface area contributed by atoms with E-state index in [0.717, 1.165) is 24.2 Å². The largest absolute Gasteiger partial charge is 0.486 e. The van der Waals surface area contributed by atoms with Gasteiger partial charge in [0.15, 0.2) is 11.4 Å². The Hall–Kier alpha value is -1.35. The van der Waals surface area contributed by atoms with Crippen molar-refractivity contribution in [1.29, 1.82) is 0 Å². The van der Waals surface area contributed by atoms with Gasteiger partial charge in [0.25, 0.3) is 0 Å². The second kappa shape index (κ2) is 2.66. The van der Waals surface area contributed by atoms with Gasteiger partial charge in [-0.05, 0) is 18.9 Å². The van der Waals surface area contributed by atoms with Crippen molar-refractivity contribution in [2.75, 3.05) is 0 Å². The van der Waals surface area contributed by atoms with E-state index in [2.05, 4.69) is 0 Å². The van der Waals surface area contributed by atoms with Gasteiger partial charge in [-0.2, -0.15) is 0 Å². The van der Waals surface area contributed by atoms with Gasteiger partial charge < -0.3 is 9.47 Å². The number of ketones is 1. The number of carbonyl (C=O) groups excluding carboxylic acids is 1. The third kappa shape index (κ3) is 0.861. The van der Waals surface area contributed by atoms with Crippen molar-refractivity contribution < 1.29 is 14.3 Å². The molecule has 1 aliphatic carbocycles. The first-order valence-electron chi connectivity index (χ1n) is 5.79. The summed E-state index contributed by atoms with van der Waals surface area (Å²) in [5.74, 6) is 1.11. The summed E-state index contributed by atoms with van der Waals surface area (Å²) in [5, 5.41) is 0. The first-order chi connectivity index (χ1) is 7.82. The monoisotopic (exact) mass is 216 g/mol. The Morgan fingerprint density at radius 1 is 1.31 bits per heavy atom. The van der Waals surface area contributed by atoms with Crippen LogP contribution in [0, 0.1) is 0 Å². The number of para-hydroxylation sites is 1. The minimum Gasteiger partial charge on any atom is -0.486 e. The Kier molecular flexibility index (Phi) is 1.46. The van der Waals surface area contributed by atoms with E-state index in [-0.39, 0.29) is 18.0 Å². The van der Waals surface area contributed by atoms with E-state index in [1.807, 2.05) is 24.3 Å². The molecule has 4 rings (SSSR count). The van der Waals surface area contributed by atoms with Crippen molar-refractivity contribution in [2.24, 2.45) is 0 Å². The third-order valence-corrected chi connectivity index (χ3v) is 3.90. The van der Waals surface area contributed by atoms with Crippen molar-refractivity contribution in [2.45, 2.75) is 37.1 Å². The van der Waals surface area contributed by atoms with Crippen LogP contribution in [-0.2, 0) is 9.53 Å². The van der Waals surface area contributed by atoms with Crippen LogP contribution in [0.25, 0.3) is 0 Å². The number of benzene rings is 1. The molecule has 3 nitrogen and oxygen atoms in total. The highest BCUT2D eigenvalue weighted by atomic mass is 16.7. The van der Waals surface area contributed by atoms with Gasteiger partial charge in [-0.25, -0.2) is 0 Å². The summed E-state index contributed by atoms with van der Waals surface area (Å²) in [4.78, 5) is 12.0. The molecule has 0 bridgehead atoms. The van der Waals surface area contributed by atoms with Gasteiger partial charge in [0.1, 0.15) is 18.0 Å². The van der Waals surface area contributed by atoms with Crippen molar-refractivity contribution in [3.8, 4) is 5.75 Å². The average Bonchev–Trinajstić information content (AvgIpc) is 3.04. The quantitative estimate of drug-likeness (QED) is 0.623. The highest BCUT2D eigenvalue weighted by molar-refractivity contribution is 5.93. The zero-order valence-corrected chi connectivity index (χ0v) is 8.81. The SMILES string of the molecule is O=C1CCC[C@H]2Oc3ccccc3[C@@H]3O[C@]123. The third-order valence-electron chi connectivity index (χ3n) is 3.90. The maximum Gasteiger partial charge on any atom is 0.194 e. The maximum atomic E-state index is 12.0. The standard InChI is InChI=1S/C13H12O3/c14-10-6-3-7-11-13(10)12(16-13)8-4-1-2-5-9(8)15-11/h1-2,4-5,11-12H,3,6-7H2/t11-,12+,13-/m1/s1. The lowest BCUT2D eigenvalue weighted by Crippen LogP contribution is -2.47. The number of hydrogen-bond donors (Lipinski definition) is 0. The molecule has 1 aromatic rings. The van der Waals surface area contributed by atoms with Crippen LogP contribution in [0.3, 0.4) is 0 Å². The van der Waals surface area contributed by atoms with E-state index in [9.17, 15) is 4.79 Å². The second-order valence-corrected chi connectivity index (χ2v) is 4.75. The summed E-state index contributed by atoms with van der Waals surface area (Å²) < 4.78 is 11.6. The predicted molar refractivity (Wildman–Crippen MR) is 56.3 cm³/mol. The molecule has 0 amide bonds. The minimum atomic E-state index is -0.618. The first kappa shape index (κ1) is 8.76. The smallest absolute Gasteiger partial charge is 0.194 e. The van der Waals surface area contributed by atoms with Crippen molar-refractivity contribution in [3.63, 3.8) is 0 Å². The maximum absolute atomic E-state index is 12.0. The lowest BCUT2D eigenvalue weighted by molar-refractivity contribution is -0.130. The number of carbonyl (C=O) groups is 1. The molecule has 0 radical (unpaired) electrons. The van der Waals surface area contributed by atoms with E-state index in [1.165, 1.54) is 0 Å². The molecule has 0 unspecified atom stereocenters. The summed E-state index contributed by atoms with van der Waals surface area (Å²) in [6, 6.07) is 7.87. The molecule has 0 aromatic heterocycles. The molecule has 2 heterocycles. The average molecular weight is 216 g/mol. The molecule has 2 aliphatic heterocycles. The van der Waals surface area contributed by atoms with E-state index in [1.54, 1.807) is 0 Å². The van der Waals surface area contributed by atoms with Crippen LogP contribution in [0.2, 0.25) is 0 Å². The molecule has 1 saturated carbocycles. The number of hydrogen-bond acceptors (Lipinski definition) is 3. The Labute approximate surface area is 93.4 Å². The Bertz CT molecular complexity index is 482. The van der Waals surface area contributed by atoms with Gasteiger partial charge in [-0.15, -0.1) is 0 Å². The number of epoxide rings is 1. The molecule has 1 aromatic carbocycles. The molecule has 3 aliphatic rings. The van der Waals surface area contributed by atoms with Gasteiger partial charge in [0.2, 0.25) is 0 Å². The lowest BCUT2D eigenvalue weighted by Gasteiger charge is -2.32. The normalized spacial score (nSPS) is 39.1. The number of ether oxygens (including phenoxy) is 2. The van der Waals surface area contributed by atoms with Gasteiger partial charge in [-0.1, -0.05) is 18.2 Å². The summed E-state index contributed by atoms with van der Waals surface area (Å²) in [6.07, 6.45) is 2.38. The molecule has 2 fully saturated rings. The Balaban J connectivity index is 1.85. The first-order valence-corrected chi connectivity index (χ1v) is 5.79. The van der Waals surface area contributed by atoms with Gasteiger partial charge in [-0.3, -0.25) is 4.79 Å². The molecule has 82 valence electrons. The zero-order chi connectivity index (χ0) is 10.8. The summed E-state index contributed by atoms with van der Waals surface area (Å²) >= 11 is 0.